The second-order valence-electron chi connectivity index (χ2n) is 4.03. The van der Waals surface area contributed by atoms with Gasteiger partial charge >= 0.3 is 21.0 Å². The summed E-state index contributed by atoms with van der Waals surface area (Å²) in [6.45, 7) is 9.49. The third-order valence-electron chi connectivity index (χ3n) is 2.50. The second kappa shape index (κ2) is 11.7. The van der Waals surface area contributed by atoms with Crippen LogP contribution in [-0.2, 0) is 21.0 Å². The van der Waals surface area contributed by atoms with Gasteiger partial charge in [-0.05, 0) is 45.0 Å². The first-order valence-electron chi connectivity index (χ1n) is 5.62. The molecule has 0 aliphatic carbocycles. The summed E-state index contributed by atoms with van der Waals surface area (Å²) in [5, 5.41) is 11.9. The Labute approximate surface area is 122 Å². The van der Waals surface area contributed by atoms with E-state index >= 15 is 0 Å². The Bertz CT molecular complexity index is 369. The molecule has 0 amide bonds. The summed E-state index contributed by atoms with van der Waals surface area (Å²) in [5.41, 5.74) is 2.38. The quantitative estimate of drug-likeness (QED) is 0.704. The molecule has 0 rings (SSSR count). The third-order valence-corrected chi connectivity index (χ3v) is 2.50. The monoisotopic (exact) mass is 307 g/mol. The van der Waals surface area contributed by atoms with Crippen LogP contribution in [0.3, 0.4) is 0 Å². The van der Waals surface area contributed by atoms with Gasteiger partial charge in [-0.15, -0.1) is 9.81 Å². The number of nitrogens with zero attached hydrogens (tertiary/aromatic N) is 2. The summed E-state index contributed by atoms with van der Waals surface area (Å²) < 4.78 is 8.19. The van der Waals surface area contributed by atoms with E-state index in [1.54, 1.807) is 27.7 Å². The molecular weight excluding hydrogens is 287 g/mol. The van der Waals surface area contributed by atoms with Crippen molar-refractivity contribution in [2.75, 3.05) is 6.54 Å². The van der Waals surface area contributed by atoms with E-state index in [1.165, 1.54) is 0 Å². The van der Waals surface area contributed by atoms with Crippen molar-refractivity contribution in [2.45, 2.75) is 40.7 Å². The molecule has 7 nitrogen and oxygen atoms in total. The molecule has 0 aliphatic heterocycles. The molecule has 107 valence electrons. The first kappa shape index (κ1) is 20.0. The molecule has 0 aromatic heterocycles. The van der Waals surface area contributed by atoms with Crippen LogP contribution in [0.5, 0.6) is 0 Å². The van der Waals surface area contributed by atoms with Crippen molar-refractivity contribution in [1.29, 1.82) is 0 Å². The fraction of sp³-hybridized carbons (Fsp3) is 0.636. The van der Waals surface area contributed by atoms with Gasteiger partial charge in [0.05, 0.1) is 0 Å². The van der Waals surface area contributed by atoms with Crippen molar-refractivity contribution in [3.05, 3.63) is 32.6 Å². The molecule has 0 fully saturated rings. The van der Waals surface area contributed by atoms with Gasteiger partial charge in [0.25, 0.3) is 0 Å². The Balaban J connectivity index is 0. The Morgan fingerprint density at radius 3 is 1.84 bits per heavy atom. The Morgan fingerprint density at radius 2 is 1.42 bits per heavy atom. The van der Waals surface area contributed by atoms with Crippen LogP contribution in [0.1, 0.15) is 34.6 Å². The maximum absolute atomic E-state index is 10.3. The summed E-state index contributed by atoms with van der Waals surface area (Å²) >= 11 is 1.06. The predicted octanol–water partition coefficient (Wildman–Crippen LogP) is 2.47. The van der Waals surface area contributed by atoms with Crippen LogP contribution in [-0.4, -0.2) is 12.6 Å². The summed E-state index contributed by atoms with van der Waals surface area (Å²) in [6, 6.07) is 0.112. The van der Waals surface area contributed by atoms with Crippen LogP contribution in [0.25, 0.3) is 0 Å². The van der Waals surface area contributed by atoms with Crippen molar-refractivity contribution >= 4 is 0 Å². The summed E-state index contributed by atoms with van der Waals surface area (Å²) in [4.78, 5) is 20.6. The summed E-state index contributed by atoms with van der Waals surface area (Å²) in [5.74, 6) is 0. The molecule has 0 radical (unpaired) electrons. The van der Waals surface area contributed by atoms with E-state index < -0.39 is 0 Å². The maximum atomic E-state index is 10.3. The van der Waals surface area contributed by atoms with Crippen LogP contribution in [0.4, 0.5) is 0 Å². The number of nitroso groups, excluding NO2 is 2. The first-order chi connectivity index (χ1) is 8.92. The molecule has 0 aromatic carbocycles. The Hall–Kier alpha value is -1.34. The molecule has 0 aliphatic rings. The zero-order valence-corrected chi connectivity index (χ0v) is 13.2. The molecule has 19 heavy (non-hydrogen) atoms. The van der Waals surface area contributed by atoms with E-state index in [9.17, 15) is 9.81 Å². The van der Waals surface area contributed by atoms with E-state index in [4.69, 9.17) is 3.67 Å². The van der Waals surface area contributed by atoms with Gasteiger partial charge in [0.2, 0.25) is 0 Å². The average molecular weight is 307 g/mol. The first-order valence-corrected chi connectivity index (χ1v) is 6.19. The van der Waals surface area contributed by atoms with Gasteiger partial charge < -0.3 is 10.6 Å². The molecule has 0 aromatic rings. The predicted molar refractivity (Wildman–Crippen MR) is 69.6 cm³/mol. The normalized spacial score (nSPS) is 13.9. The third kappa shape index (κ3) is 9.27. The van der Waals surface area contributed by atoms with Gasteiger partial charge in [0, 0.05) is 24.0 Å². The van der Waals surface area contributed by atoms with E-state index in [1.807, 2.05) is 6.92 Å². The van der Waals surface area contributed by atoms with Crippen LogP contribution >= 0.6 is 0 Å². The minimum atomic E-state index is 0.112. The molecule has 8 heteroatoms. The van der Waals surface area contributed by atoms with Gasteiger partial charge in [-0.1, -0.05) is 0 Å². The SMILES string of the molecule is C/C(N=O)=C(\C)NCC(C)N/C(C)=C(/C)N=O.[O]=[V]. The molecule has 0 saturated heterocycles. The van der Waals surface area contributed by atoms with E-state index in [-0.39, 0.29) is 6.04 Å². The van der Waals surface area contributed by atoms with E-state index in [0.717, 1.165) is 28.8 Å². The van der Waals surface area contributed by atoms with Crippen LogP contribution in [0.2, 0.25) is 0 Å². The number of nitrogens with one attached hydrogen (secondary N) is 2. The topological polar surface area (TPSA) is 100.0 Å². The summed E-state index contributed by atoms with van der Waals surface area (Å²) in [7, 11) is 0. The average Bonchev–Trinajstić information content (AvgIpc) is 2.44. The van der Waals surface area contributed by atoms with Crippen molar-refractivity contribution in [3.63, 3.8) is 0 Å². The standard InChI is InChI=1S/C11H20N4O2.O.V/c1-7(13-9(3)11(5)15-17)6-12-8(2)10(4)14-16;;/h7,12-13H,6H2,1-5H3;;/b10-8-,11-9-;;. The van der Waals surface area contributed by atoms with Crippen molar-refractivity contribution < 1.29 is 21.0 Å². The van der Waals surface area contributed by atoms with Gasteiger partial charge in [-0.2, -0.15) is 0 Å². The van der Waals surface area contributed by atoms with Gasteiger partial charge in [0.1, 0.15) is 11.4 Å². The van der Waals surface area contributed by atoms with Gasteiger partial charge in [-0.3, -0.25) is 0 Å². The number of hydrogen-bond donors (Lipinski definition) is 2. The zero-order chi connectivity index (χ0) is 15.4. The molecule has 0 saturated carbocycles. The number of allylic oxidation sites excluding steroid dienone is 4. The minimum absolute atomic E-state index is 0.112. The fourth-order valence-corrected chi connectivity index (χ4v) is 1.10. The molecule has 1 atom stereocenters. The molecular formula is C11H20N4O3V. The van der Waals surface area contributed by atoms with Crippen LogP contribution < -0.4 is 10.6 Å². The second-order valence-corrected chi connectivity index (χ2v) is 4.03. The van der Waals surface area contributed by atoms with Crippen molar-refractivity contribution in [2.24, 2.45) is 10.4 Å². The molecule has 2 N–H and O–H groups in total. The van der Waals surface area contributed by atoms with Crippen molar-refractivity contribution in [3.8, 4) is 0 Å². The number of hydrogen-bond acceptors (Lipinski definition) is 7. The molecule has 0 heterocycles. The zero-order valence-electron chi connectivity index (χ0n) is 11.9. The Kier molecular flexibility index (Phi) is 12.4. The number of rotatable bonds is 7. The van der Waals surface area contributed by atoms with Gasteiger partial charge in [0.15, 0.2) is 0 Å². The fourth-order valence-electron chi connectivity index (χ4n) is 1.10. The van der Waals surface area contributed by atoms with Crippen molar-refractivity contribution in [1.82, 2.24) is 10.6 Å². The van der Waals surface area contributed by atoms with E-state index in [2.05, 4.69) is 21.0 Å². The molecule has 1 unspecified atom stereocenters. The van der Waals surface area contributed by atoms with Crippen LogP contribution in [0, 0.1) is 9.81 Å². The van der Waals surface area contributed by atoms with Gasteiger partial charge in [-0.25, -0.2) is 0 Å². The summed E-state index contributed by atoms with van der Waals surface area (Å²) in [6.07, 6.45) is 0. The van der Waals surface area contributed by atoms with Crippen LogP contribution in [0.15, 0.2) is 33.1 Å². The van der Waals surface area contributed by atoms with E-state index in [0.29, 0.717) is 17.9 Å². The molecule has 0 bridgehead atoms. The molecule has 0 spiro atoms. The Morgan fingerprint density at radius 1 is 1.00 bits per heavy atom.